The number of hydrogen-bond donors (Lipinski definition) is 2. The van der Waals surface area contributed by atoms with Crippen LogP contribution in [0.4, 0.5) is 5.69 Å². The van der Waals surface area contributed by atoms with E-state index in [0.717, 1.165) is 11.1 Å². The van der Waals surface area contributed by atoms with Crippen LogP contribution in [0.25, 0.3) is 0 Å². The van der Waals surface area contributed by atoms with Gasteiger partial charge in [-0.05, 0) is 43.2 Å². The largest absolute Gasteiger partial charge is 0.493 e. The van der Waals surface area contributed by atoms with Crippen molar-refractivity contribution < 1.29 is 28.9 Å². The molecule has 0 aromatic heterocycles. The van der Waals surface area contributed by atoms with Crippen molar-refractivity contribution >= 4 is 17.6 Å². The first-order chi connectivity index (χ1) is 12.3. The molecule has 0 saturated carbocycles. The average Bonchev–Trinajstić information content (AvgIpc) is 2.61. The summed E-state index contributed by atoms with van der Waals surface area (Å²) in [7, 11) is 2.79. The summed E-state index contributed by atoms with van der Waals surface area (Å²) in [6, 6.07) is 8.34. The molecule has 0 aliphatic heterocycles. The first kappa shape index (κ1) is 19.1. The Morgan fingerprint density at radius 1 is 1.04 bits per heavy atom. The minimum Gasteiger partial charge on any atom is -0.493 e. The van der Waals surface area contributed by atoms with E-state index in [0.29, 0.717) is 5.75 Å². The van der Waals surface area contributed by atoms with E-state index >= 15 is 0 Å². The second-order valence-electron chi connectivity index (χ2n) is 5.67. The van der Waals surface area contributed by atoms with Crippen molar-refractivity contribution in [3.05, 3.63) is 47.0 Å². The molecule has 7 heteroatoms. The molecular weight excluding hydrogens is 338 g/mol. The number of carboxylic acids is 1. The smallest absolute Gasteiger partial charge is 0.335 e. The van der Waals surface area contributed by atoms with E-state index in [1.54, 1.807) is 0 Å². The number of aromatic carboxylic acids is 1. The van der Waals surface area contributed by atoms with Crippen LogP contribution in [0, 0.1) is 13.8 Å². The standard InChI is InChI=1S/C19H21NO6/c1-11-5-6-12(2)15(7-11)26-10-17(21)20-14-8-13(19(22)23)9-16(24-3)18(14)25-4/h5-9H,10H2,1-4H3,(H,20,21)(H,22,23). The molecule has 2 aromatic rings. The number of aryl methyl sites for hydroxylation is 2. The Bertz CT molecular complexity index is 831. The van der Waals surface area contributed by atoms with Crippen molar-refractivity contribution in [2.24, 2.45) is 0 Å². The Morgan fingerprint density at radius 3 is 2.38 bits per heavy atom. The van der Waals surface area contributed by atoms with Gasteiger partial charge in [0.15, 0.2) is 18.1 Å². The fourth-order valence-corrected chi connectivity index (χ4v) is 2.37. The van der Waals surface area contributed by atoms with E-state index < -0.39 is 11.9 Å². The van der Waals surface area contributed by atoms with Gasteiger partial charge < -0.3 is 24.6 Å². The highest BCUT2D eigenvalue weighted by molar-refractivity contribution is 5.97. The molecule has 7 nitrogen and oxygen atoms in total. The summed E-state index contributed by atoms with van der Waals surface area (Å²) in [4.78, 5) is 23.5. The van der Waals surface area contributed by atoms with Crippen LogP contribution >= 0.6 is 0 Å². The molecule has 0 saturated heterocycles. The predicted molar refractivity (Wildman–Crippen MR) is 96.5 cm³/mol. The number of carboxylic acid groups (broad SMARTS) is 1. The molecule has 0 fully saturated rings. The highest BCUT2D eigenvalue weighted by Gasteiger charge is 2.18. The third-order valence-corrected chi connectivity index (χ3v) is 3.70. The van der Waals surface area contributed by atoms with E-state index in [-0.39, 0.29) is 29.4 Å². The van der Waals surface area contributed by atoms with Gasteiger partial charge in [0.05, 0.1) is 25.5 Å². The second-order valence-corrected chi connectivity index (χ2v) is 5.67. The molecule has 0 heterocycles. The van der Waals surface area contributed by atoms with Crippen molar-refractivity contribution in [2.45, 2.75) is 13.8 Å². The predicted octanol–water partition coefficient (Wildman–Crippen LogP) is 3.04. The van der Waals surface area contributed by atoms with Crippen LogP contribution < -0.4 is 19.5 Å². The van der Waals surface area contributed by atoms with E-state index in [9.17, 15) is 14.7 Å². The van der Waals surface area contributed by atoms with Crippen molar-refractivity contribution in [3.63, 3.8) is 0 Å². The van der Waals surface area contributed by atoms with Gasteiger partial charge >= 0.3 is 5.97 Å². The molecule has 0 radical (unpaired) electrons. The van der Waals surface area contributed by atoms with Crippen LogP contribution in [-0.4, -0.2) is 37.8 Å². The van der Waals surface area contributed by atoms with Gasteiger partial charge in [0.25, 0.3) is 5.91 Å². The summed E-state index contributed by atoms with van der Waals surface area (Å²) in [6.07, 6.45) is 0. The van der Waals surface area contributed by atoms with Crippen molar-refractivity contribution in [1.82, 2.24) is 0 Å². The van der Waals surface area contributed by atoms with E-state index in [2.05, 4.69) is 5.32 Å². The maximum Gasteiger partial charge on any atom is 0.335 e. The molecule has 0 atom stereocenters. The van der Waals surface area contributed by atoms with Gasteiger partial charge in [-0.3, -0.25) is 4.79 Å². The van der Waals surface area contributed by atoms with Crippen LogP contribution in [0.1, 0.15) is 21.5 Å². The van der Waals surface area contributed by atoms with Crippen LogP contribution in [0.5, 0.6) is 17.2 Å². The highest BCUT2D eigenvalue weighted by Crippen LogP contribution is 2.36. The van der Waals surface area contributed by atoms with Gasteiger partial charge in [-0.2, -0.15) is 0 Å². The molecule has 0 bridgehead atoms. The summed E-state index contributed by atoms with van der Waals surface area (Å²) >= 11 is 0. The molecule has 0 aliphatic carbocycles. The molecule has 2 rings (SSSR count). The fourth-order valence-electron chi connectivity index (χ4n) is 2.37. The lowest BCUT2D eigenvalue weighted by atomic mass is 10.1. The maximum atomic E-state index is 12.3. The molecule has 0 aliphatic rings. The Morgan fingerprint density at radius 2 is 1.77 bits per heavy atom. The van der Waals surface area contributed by atoms with Gasteiger partial charge in [0.2, 0.25) is 0 Å². The van der Waals surface area contributed by atoms with Crippen LogP contribution in [0.3, 0.4) is 0 Å². The molecule has 2 aromatic carbocycles. The SMILES string of the molecule is COc1cc(C(=O)O)cc(NC(=O)COc2cc(C)ccc2C)c1OC. The quantitative estimate of drug-likeness (QED) is 0.789. The lowest BCUT2D eigenvalue weighted by Gasteiger charge is -2.15. The first-order valence-corrected chi connectivity index (χ1v) is 7.85. The Kier molecular flexibility index (Phi) is 6.06. The molecule has 0 unspecified atom stereocenters. The Labute approximate surface area is 151 Å². The highest BCUT2D eigenvalue weighted by atomic mass is 16.5. The zero-order valence-corrected chi connectivity index (χ0v) is 15.1. The van der Waals surface area contributed by atoms with E-state index in [1.165, 1.54) is 26.4 Å². The Hall–Kier alpha value is -3.22. The Balaban J connectivity index is 2.18. The lowest BCUT2D eigenvalue weighted by molar-refractivity contribution is -0.118. The molecule has 0 spiro atoms. The summed E-state index contributed by atoms with van der Waals surface area (Å²) in [5.74, 6) is -0.540. The zero-order chi connectivity index (χ0) is 19.3. The van der Waals surface area contributed by atoms with Crippen molar-refractivity contribution in [3.8, 4) is 17.2 Å². The molecular formula is C19H21NO6. The number of rotatable bonds is 7. The topological polar surface area (TPSA) is 94.1 Å². The number of amides is 1. The number of carbonyl (C=O) groups is 2. The summed E-state index contributed by atoms with van der Waals surface area (Å²) in [6.45, 7) is 3.59. The first-order valence-electron chi connectivity index (χ1n) is 7.85. The number of carbonyl (C=O) groups excluding carboxylic acids is 1. The fraction of sp³-hybridized carbons (Fsp3) is 0.263. The third kappa shape index (κ3) is 4.44. The molecule has 26 heavy (non-hydrogen) atoms. The van der Waals surface area contributed by atoms with Gasteiger partial charge in [-0.15, -0.1) is 0 Å². The maximum absolute atomic E-state index is 12.3. The molecule has 1 amide bonds. The third-order valence-electron chi connectivity index (χ3n) is 3.70. The van der Waals surface area contributed by atoms with Crippen molar-refractivity contribution in [2.75, 3.05) is 26.1 Å². The second kappa shape index (κ2) is 8.24. The van der Waals surface area contributed by atoms with Gasteiger partial charge in [0, 0.05) is 0 Å². The monoisotopic (exact) mass is 359 g/mol. The van der Waals surface area contributed by atoms with E-state index in [4.69, 9.17) is 14.2 Å². The normalized spacial score (nSPS) is 10.2. The number of methoxy groups -OCH3 is 2. The van der Waals surface area contributed by atoms with Crippen molar-refractivity contribution in [1.29, 1.82) is 0 Å². The number of ether oxygens (including phenoxy) is 3. The number of hydrogen-bond acceptors (Lipinski definition) is 5. The summed E-state index contributed by atoms with van der Waals surface area (Å²) in [5, 5.41) is 11.8. The average molecular weight is 359 g/mol. The van der Waals surface area contributed by atoms with E-state index in [1.807, 2.05) is 32.0 Å². The summed E-state index contributed by atoms with van der Waals surface area (Å²) < 4.78 is 15.9. The number of nitrogens with one attached hydrogen (secondary N) is 1. The van der Waals surface area contributed by atoms with Crippen LogP contribution in [-0.2, 0) is 4.79 Å². The molecule has 2 N–H and O–H groups in total. The number of anilines is 1. The van der Waals surface area contributed by atoms with Gasteiger partial charge in [-0.25, -0.2) is 4.79 Å². The van der Waals surface area contributed by atoms with Crippen LogP contribution in [0.15, 0.2) is 30.3 Å². The minimum absolute atomic E-state index is 0.0339. The minimum atomic E-state index is -1.15. The van der Waals surface area contributed by atoms with Gasteiger partial charge in [0.1, 0.15) is 5.75 Å². The van der Waals surface area contributed by atoms with Gasteiger partial charge in [-0.1, -0.05) is 12.1 Å². The lowest BCUT2D eigenvalue weighted by Crippen LogP contribution is -2.21. The van der Waals surface area contributed by atoms with Crippen LogP contribution in [0.2, 0.25) is 0 Å². The number of benzene rings is 2. The summed E-state index contributed by atoms with van der Waals surface area (Å²) in [5.41, 5.74) is 2.09. The molecule has 138 valence electrons. The zero-order valence-electron chi connectivity index (χ0n) is 15.1.